The van der Waals surface area contributed by atoms with E-state index in [9.17, 15) is 9.59 Å². The van der Waals surface area contributed by atoms with Gasteiger partial charge in [0.05, 0.1) is 5.69 Å². The molecule has 0 bridgehead atoms. The third-order valence-electron chi connectivity index (χ3n) is 5.56. The fraction of sp³-hybridized carbons (Fsp3) is 0.455. The van der Waals surface area contributed by atoms with E-state index < -0.39 is 0 Å². The van der Waals surface area contributed by atoms with Crippen LogP contribution in [0.2, 0.25) is 0 Å². The van der Waals surface area contributed by atoms with Crippen molar-refractivity contribution in [2.45, 2.75) is 24.2 Å². The summed E-state index contributed by atoms with van der Waals surface area (Å²) in [6, 6.07) is 12.3. The Kier molecular flexibility index (Phi) is 6.90. The number of hydrogen-bond donors (Lipinski definition) is 0. The molecule has 3 heterocycles. The standard InChI is InChI=1S/C22H27N3O2S2/c26-21(24-13-11-23(12-14-24)10-9-18-4-3-16-28-18)7-8-22(27)25-15-17-29-20-6-2-1-5-19(20)25/h1-6,16H,7-15,17H2. The van der Waals surface area contributed by atoms with Crippen LogP contribution < -0.4 is 4.90 Å². The topological polar surface area (TPSA) is 43.9 Å². The molecule has 0 N–H and O–H groups in total. The molecular weight excluding hydrogens is 402 g/mol. The van der Waals surface area contributed by atoms with Crippen LogP contribution >= 0.6 is 23.1 Å². The number of fused-ring (bicyclic) bond motifs is 1. The highest BCUT2D eigenvalue weighted by Crippen LogP contribution is 2.34. The van der Waals surface area contributed by atoms with E-state index in [1.165, 1.54) is 4.88 Å². The predicted octanol–water partition coefficient (Wildman–Crippen LogP) is 3.35. The molecule has 0 saturated carbocycles. The smallest absolute Gasteiger partial charge is 0.227 e. The van der Waals surface area contributed by atoms with Gasteiger partial charge >= 0.3 is 0 Å². The van der Waals surface area contributed by atoms with Gasteiger partial charge in [-0.25, -0.2) is 0 Å². The molecule has 154 valence electrons. The molecule has 1 saturated heterocycles. The van der Waals surface area contributed by atoms with Gasteiger partial charge in [-0.2, -0.15) is 0 Å². The van der Waals surface area contributed by atoms with E-state index >= 15 is 0 Å². The van der Waals surface area contributed by atoms with Crippen molar-refractivity contribution in [1.82, 2.24) is 9.80 Å². The zero-order chi connectivity index (χ0) is 20.1. The van der Waals surface area contributed by atoms with Crippen molar-refractivity contribution >= 4 is 40.6 Å². The SMILES string of the molecule is O=C(CCC(=O)N1CCSc2ccccc21)N1CCN(CCc2cccs2)CC1. The fourth-order valence-electron chi connectivity index (χ4n) is 3.88. The van der Waals surface area contributed by atoms with Gasteiger partial charge in [-0.3, -0.25) is 14.5 Å². The Hall–Kier alpha value is -1.83. The van der Waals surface area contributed by atoms with Crippen LogP contribution in [0.25, 0.3) is 0 Å². The summed E-state index contributed by atoms with van der Waals surface area (Å²) in [5.41, 5.74) is 0.987. The molecule has 1 fully saturated rings. The lowest BCUT2D eigenvalue weighted by atomic mass is 10.2. The van der Waals surface area contributed by atoms with Crippen LogP contribution in [0.3, 0.4) is 0 Å². The molecule has 2 aromatic rings. The summed E-state index contributed by atoms with van der Waals surface area (Å²) in [4.78, 5) is 34.1. The van der Waals surface area contributed by atoms with Crippen molar-refractivity contribution in [1.29, 1.82) is 0 Å². The third-order valence-corrected chi connectivity index (χ3v) is 7.54. The summed E-state index contributed by atoms with van der Waals surface area (Å²) >= 11 is 3.59. The zero-order valence-corrected chi connectivity index (χ0v) is 18.2. The fourth-order valence-corrected chi connectivity index (χ4v) is 5.57. The maximum atomic E-state index is 12.7. The summed E-state index contributed by atoms with van der Waals surface area (Å²) < 4.78 is 0. The number of carbonyl (C=O) groups is 2. The number of piperazine rings is 1. The van der Waals surface area contributed by atoms with E-state index in [0.717, 1.165) is 62.0 Å². The second kappa shape index (κ2) is 9.78. The highest BCUT2D eigenvalue weighted by atomic mass is 32.2. The molecule has 29 heavy (non-hydrogen) atoms. The first-order valence-electron chi connectivity index (χ1n) is 10.3. The Morgan fingerprint density at radius 1 is 0.897 bits per heavy atom. The minimum absolute atomic E-state index is 0.0562. The molecule has 1 aromatic carbocycles. The summed E-state index contributed by atoms with van der Waals surface area (Å²) in [6.45, 7) is 5.13. The number of rotatable bonds is 6. The summed E-state index contributed by atoms with van der Waals surface area (Å²) in [7, 11) is 0. The number of thiophene rings is 1. The van der Waals surface area contributed by atoms with E-state index in [-0.39, 0.29) is 18.2 Å². The lowest BCUT2D eigenvalue weighted by Crippen LogP contribution is -2.49. The number of carbonyl (C=O) groups excluding carboxylic acids is 2. The van der Waals surface area contributed by atoms with Crippen molar-refractivity contribution in [2.75, 3.05) is 49.9 Å². The molecule has 0 aliphatic carbocycles. The number of hydrogen-bond acceptors (Lipinski definition) is 5. The second-order valence-corrected chi connectivity index (χ2v) is 9.58. The van der Waals surface area contributed by atoms with Crippen LogP contribution in [0, 0.1) is 0 Å². The first-order valence-corrected chi connectivity index (χ1v) is 12.1. The summed E-state index contributed by atoms with van der Waals surface area (Å²) in [6.07, 6.45) is 1.67. The van der Waals surface area contributed by atoms with Crippen molar-refractivity contribution in [3.8, 4) is 0 Å². The molecule has 2 aliphatic heterocycles. The number of nitrogens with zero attached hydrogens (tertiary/aromatic N) is 3. The molecule has 0 atom stereocenters. The number of thioether (sulfide) groups is 1. The van der Waals surface area contributed by atoms with Gasteiger partial charge < -0.3 is 9.80 Å². The summed E-state index contributed by atoms with van der Waals surface area (Å²) in [5.74, 6) is 1.07. The number of amides is 2. The van der Waals surface area contributed by atoms with Crippen LogP contribution in [0.4, 0.5) is 5.69 Å². The molecule has 0 unspecified atom stereocenters. The van der Waals surface area contributed by atoms with Crippen LogP contribution in [0.5, 0.6) is 0 Å². The van der Waals surface area contributed by atoms with Crippen LogP contribution in [0.1, 0.15) is 17.7 Å². The molecule has 4 rings (SSSR count). The predicted molar refractivity (Wildman–Crippen MR) is 120 cm³/mol. The normalized spacial score (nSPS) is 17.2. The Balaban J connectivity index is 1.21. The number of anilines is 1. The average molecular weight is 430 g/mol. The Morgan fingerprint density at radius 2 is 1.69 bits per heavy atom. The van der Waals surface area contributed by atoms with Gasteiger partial charge in [0.25, 0.3) is 0 Å². The van der Waals surface area contributed by atoms with Gasteiger partial charge in [0.1, 0.15) is 0 Å². The van der Waals surface area contributed by atoms with Crippen LogP contribution in [-0.4, -0.2) is 66.6 Å². The minimum Gasteiger partial charge on any atom is -0.340 e. The molecule has 0 radical (unpaired) electrons. The maximum Gasteiger partial charge on any atom is 0.227 e. The van der Waals surface area contributed by atoms with E-state index in [1.54, 1.807) is 23.1 Å². The van der Waals surface area contributed by atoms with Crippen LogP contribution in [-0.2, 0) is 16.0 Å². The molecule has 1 aromatic heterocycles. The van der Waals surface area contributed by atoms with Gasteiger partial charge in [0.2, 0.25) is 11.8 Å². The van der Waals surface area contributed by atoms with Gasteiger partial charge in [0, 0.05) is 67.6 Å². The molecule has 2 amide bonds. The second-order valence-electron chi connectivity index (χ2n) is 7.41. The average Bonchev–Trinajstić information content (AvgIpc) is 3.29. The molecule has 2 aliphatic rings. The molecular formula is C22H27N3O2S2. The highest BCUT2D eigenvalue weighted by molar-refractivity contribution is 7.99. The van der Waals surface area contributed by atoms with E-state index in [2.05, 4.69) is 28.5 Å². The van der Waals surface area contributed by atoms with Gasteiger partial charge in [-0.15, -0.1) is 23.1 Å². The van der Waals surface area contributed by atoms with Crippen LogP contribution in [0.15, 0.2) is 46.7 Å². The van der Waals surface area contributed by atoms with Gasteiger partial charge in [0.15, 0.2) is 0 Å². The largest absolute Gasteiger partial charge is 0.340 e. The third kappa shape index (κ3) is 5.21. The molecule has 5 nitrogen and oxygen atoms in total. The van der Waals surface area contributed by atoms with E-state index in [0.29, 0.717) is 6.42 Å². The lowest BCUT2D eigenvalue weighted by Gasteiger charge is -2.35. The van der Waals surface area contributed by atoms with Crippen molar-refractivity contribution in [3.63, 3.8) is 0 Å². The van der Waals surface area contributed by atoms with Crippen molar-refractivity contribution < 1.29 is 9.59 Å². The Labute approximate surface area is 180 Å². The lowest BCUT2D eigenvalue weighted by molar-refractivity contribution is -0.134. The quantitative estimate of drug-likeness (QED) is 0.706. The van der Waals surface area contributed by atoms with Crippen molar-refractivity contribution in [2.24, 2.45) is 0 Å². The highest BCUT2D eigenvalue weighted by Gasteiger charge is 2.25. The van der Waals surface area contributed by atoms with Gasteiger partial charge in [-0.1, -0.05) is 18.2 Å². The summed E-state index contributed by atoms with van der Waals surface area (Å²) in [5, 5.41) is 2.12. The van der Waals surface area contributed by atoms with E-state index in [4.69, 9.17) is 0 Å². The zero-order valence-electron chi connectivity index (χ0n) is 16.6. The van der Waals surface area contributed by atoms with E-state index in [1.807, 2.05) is 28.0 Å². The first-order chi connectivity index (χ1) is 14.2. The van der Waals surface area contributed by atoms with Crippen molar-refractivity contribution in [3.05, 3.63) is 46.7 Å². The molecule has 0 spiro atoms. The molecule has 7 heteroatoms. The maximum absolute atomic E-state index is 12.7. The van der Waals surface area contributed by atoms with Gasteiger partial charge in [-0.05, 0) is 30.0 Å². The Bertz CT molecular complexity index is 832. The number of benzene rings is 1. The Morgan fingerprint density at radius 3 is 2.48 bits per heavy atom. The number of para-hydroxylation sites is 1. The minimum atomic E-state index is 0.0562. The first kappa shape index (κ1) is 20.4. The monoisotopic (exact) mass is 429 g/mol.